The molecule has 31 heavy (non-hydrogen) atoms. The number of benzene rings is 3. The summed E-state index contributed by atoms with van der Waals surface area (Å²) in [6.07, 6.45) is 1.08. The lowest BCUT2D eigenvalue weighted by Gasteiger charge is -2.19. The lowest BCUT2D eigenvalue weighted by molar-refractivity contribution is 0.0950. The molecular formula is C24H25N3O3S. The quantitative estimate of drug-likeness (QED) is 0.622. The molecule has 1 heterocycles. The fourth-order valence-electron chi connectivity index (χ4n) is 3.85. The maximum atomic E-state index is 12.6. The van der Waals surface area contributed by atoms with Gasteiger partial charge in [-0.2, -0.15) is 0 Å². The van der Waals surface area contributed by atoms with E-state index in [1.165, 1.54) is 28.9 Å². The molecule has 7 heteroatoms. The molecule has 160 valence electrons. The summed E-state index contributed by atoms with van der Waals surface area (Å²) in [4.78, 5) is 14.9. The Hall–Kier alpha value is -3.16. The van der Waals surface area contributed by atoms with Crippen LogP contribution >= 0.6 is 0 Å². The van der Waals surface area contributed by atoms with Gasteiger partial charge in [-0.15, -0.1) is 0 Å². The first-order valence-electron chi connectivity index (χ1n) is 10.1. The van der Waals surface area contributed by atoms with Crippen molar-refractivity contribution in [2.24, 2.45) is 5.14 Å². The molecule has 0 bridgehead atoms. The average Bonchev–Trinajstić information content (AvgIpc) is 3.15. The number of nitrogens with one attached hydrogen (secondary N) is 1. The van der Waals surface area contributed by atoms with Gasteiger partial charge in [-0.3, -0.25) is 4.79 Å². The summed E-state index contributed by atoms with van der Waals surface area (Å²) in [6, 6.07) is 21.0. The largest absolute Gasteiger partial charge is 0.367 e. The second kappa shape index (κ2) is 8.53. The van der Waals surface area contributed by atoms with Gasteiger partial charge in [-0.1, -0.05) is 48.5 Å². The first kappa shape index (κ1) is 21.1. The van der Waals surface area contributed by atoms with Crippen molar-refractivity contribution in [2.75, 3.05) is 11.4 Å². The Bertz CT molecular complexity index is 1220. The highest BCUT2D eigenvalue weighted by atomic mass is 32.2. The first-order chi connectivity index (χ1) is 14.8. The van der Waals surface area contributed by atoms with E-state index in [-0.39, 0.29) is 10.8 Å². The van der Waals surface area contributed by atoms with E-state index in [0.29, 0.717) is 17.7 Å². The molecule has 0 atom stereocenters. The zero-order valence-corrected chi connectivity index (χ0v) is 18.2. The molecule has 6 nitrogen and oxygen atoms in total. The molecule has 0 radical (unpaired) electrons. The number of hydrogen-bond donors (Lipinski definition) is 2. The van der Waals surface area contributed by atoms with Crippen LogP contribution in [0.4, 0.5) is 5.69 Å². The van der Waals surface area contributed by atoms with Gasteiger partial charge in [0.2, 0.25) is 10.0 Å². The van der Waals surface area contributed by atoms with Gasteiger partial charge >= 0.3 is 0 Å². The van der Waals surface area contributed by atoms with Crippen molar-refractivity contribution in [2.45, 2.75) is 31.3 Å². The Balaban J connectivity index is 1.38. The third-order valence-corrected chi connectivity index (χ3v) is 6.53. The first-order valence-corrected chi connectivity index (χ1v) is 11.7. The molecule has 0 fully saturated rings. The predicted octanol–water partition coefficient (Wildman–Crippen LogP) is 3.14. The van der Waals surface area contributed by atoms with Crippen LogP contribution in [0.2, 0.25) is 0 Å². The number of carbonyl (C=O) groups excluding carboxylic acids is 1. The minimum atomic E-state index is -3.86. The summed E-state index contributed by atoms with van der Waals surface area (Å²) in [6.45, 7) is 3.98. The van der Waals surface area contributed by atoms with Crippen LogP contribution in [-0.2, 0) is 29.5 Å². The van der Waals surface area contributed by atoms with E-state index in [1.807, 2.05) is 12.1 Å². The number of fused-ring (bicyclic) bond motifs is 1. The zero-order chi connectivity index (χ0) is 22.0. The lowest BCUT2D eigenvalue weighted by atomic mass is 10.1. The average molecular weight is 436 g/mol. The number of carbonyl (C=O) groups is 1. The molecule has 0 aliphatic carbocycles. The van der Waals surface area contributed by atoms with Gasteiger partial charge in [-0.05, 0) is 53.8 Å². The molecule has 1 aliphatic rings. The maximum Gasteiger partial charge on any atom is 0.251 e. The fraction of sp³-hybridized carbons (Fsp3) is 0.208. The van der Waals surface area contributed by atoms with Crippen molar-refractivity contribution in [1.82, 2.24) is 5.32 Å². The van der Waals surface area contributed by atoms with Crippen molar-refractivity contribution in [3.63, 3.8) is 0 Å². The molecule has 0 saturated carbocycles. The van der Waals surface area contributed by atoms with Gasteiger partial charge in [0.05, 0.1) is 4.90 Å². The second-order valence-electron chi connectivity index (χ2n) is 7.82. The van der Waals surface area contributed by atoms with Crippen molar-refractivity contribution < 1.29 is 13.2 Å². The van der Waals surface area contributed by atoms with E-state index in [0.717, 1.165) is 25.1 Å². The summed E-state index contributed by atoms with van der Waals surface area (Å²) >= 11 is 0. The van der Waals surface area contributed by atoms with Crippen molar-refractivity contribution in [1.29, 1.82) is 0 Å². The molecule has 1 amide bonds. The van der Waals surface area contributed by atoms with E-state index < -0.39 is 10.0 Å². The van der Waals surface area contributed by atoms with Gasteiger partial charge in [0.1, 0.15) is 0 Å². The molecule has 0 spiro atoms. The number of nitrogens with two attached hydrogens (primary N) is 1. The maximum absolute atomic E-state index is 12.6. The topological polar surface area (TPSA) is 92.5 Å². The Morgan fingerprint density at radius 3 is 2.48 bits per heavy atom. The number of rotatable bonds is 6. The molecule has 3 aromatic carbocycles. The minimum absolute atomic E-state index is 0.0731. The van der Waals surface area contributed by atoms with E-state index >= 15 is 0 Å². The van der Waals surface area contributed by atoms with Crippen LogP contribution in [0.5, 0.6) is 0 Å². The van der Waals surface area contributed by atoms with Crippen LogP contribution in [0.3, 0.4) is 0 Å². The van der Waals surface area contributed by atoms with Gasteiger partial charge in [0.15, 0.2) is 0 Å². The standard InChI is InChI=1S/C24H25N3O3S/c1-17-6-11-21(31(25,29)30)14-22(17)24(28)26-15-18-7-9-19(10-8-18)16-27-13-12-20-4-2-3-5-23(20)27/h2-11,14H,12-13,15-16H2,1H3,(H,26,28)(H2,25,29,30). The molecule has 4 rings (SSSR count). The highest BCUT2D eigenvalue weighted by Gasteiger charge is 2.18. The molecule has 3 aromatic rings. The van der Waals surface area contributed by atoms with Crippen molar-refractivity contribution in [3.8, 4) is 0 Å². The fourth-order valence-corrected chi connectivity index (χ4v) is 4.39. The van der Waals surface area contributed by atoms with Crippen LogP contribution in [0.1, 0.15) is 32.6 Å². The van der Waals surface area contributed by atoms with Gasteiger partial charge in [0, 0.05) is 30.9 Å². The number of hydrogen-bond acceptors (Lipinski definition) is 4. The smallest absolute Gasteiger partial charge is 0.251 e. The molecular weight excluding hydrogens is 410 g/mol. The normalized spacial score (nSPS) is 13.2. The summed E-state index contributed by atoms with van der Waals surface area (Å²) in [5.74, 6) is -0.333. The van der Waals surface area contributed by atoms with Crippen LogP contribution in [0.15, 0.2) is 71.6 Å². The van der Waals surface area contributed by atoms with E-state index in [1.54, 1.807) is 13.0 Å². The van der Waals surface area contributed by atoms with E-state index in [4.69, 9.17) is 5.14 Å². The van der Waals surface area contributed by atoms with Crippen LogP contribution in [0, 0.1) is 6.92 Å². The van der Waals surface area contributed by atoms with Gasteiger partial charge in [-0.25, -0.2) is 13.6 Å². The molecule has 3 N–H and O–H groups in total. The van der Waals surface area contributed by atoms with Crippen LogP contribution in [0.25, 0.3) is 0 Å². The highest BCUT2D eigenvalue weighted by Crippen LogP contribution is 2.28. The number of nitrogens with zero attached hydrogens (tertiary/aromatic N) is 1. The monoisotopic (exact) mass is 435 g/mol. The predicted molar refractivity (Wildman–Crippen MR) is 121 cm³/mol. The minimum Gasteiger partial charge on any atom is -0.367 e. The third-order valence-electron chi connectivity index (χ3n) is 5.62. The Morgan fingerprint density at radius 1 is 1.03 bits per heavy atom. The SMILES string of the molecule is Cc1ccc(S(N)(=O)=O)cc1C(=O)NCc1ccc(CN2CCc3ccccc32)cc1. The van der Waals surface area contributed by atoms with Crippen LogP contribution in [-0.4, -0.2) is 20.9 Å². The van der Waals surface area contributed by atoms with Crippen LogP contribution < -0.4 is 15.4 Å². The number of para-hydroxylation sites is 1. The highest BCUT2D eigenvalue weighted by molar-refractivity contribution is 7.89. The van der Waals surface area contributed by atoms with Gasteiger partial charge in [0.25, 0.3) is 5.91 Å². The van der Waals surface area contributed by atoms with Gasteiger partial charge < -0.3 is 10.2 Å². The molecule has 1 aliphatic heterocycles. The summed E-state index contributed by atoms with van der Waals surface area (Å²) < 4.78 is 23.1. The number of aryl methyl sites for hydroxylation is 1. The Morgan fingerprint density at radius 2 is 1.74 bits per heavy atom. The number of sulfonamides is 1. The Kier molecular flexibility index (Phi) is 5.80. The Labute approximate surface area is 182 Å². The molecule has 0 saturated heterocycles. The number of amides is 1. The zero-order valence-electron chi connectivity index (χ0n) is 17.3. The summed E-state index contributed by atoms with van der Waals surface area (Å²) in [5.41, 5.74) is 5.87. The number of primary sulfonamides is 1. The summed E-state index contributed by atoms with van der Waals surface area (Å²) in [7, 11) is -3.86. The second-order valence-corrected chi connectivity index (χ2v) is 9.38. The van der Waals surface area contributed by atoms with E-state index in [9.17, 15) is 13.2 Å². The van der Waals surface area contributed by atoms with E-state index in [2.05, 4.69) is 46.6 Å². The lowest BCUT2D eigenvalue weighted by Crippen LogP contribution is -2.24. The third kappa shape index (κ3) is 4.78. The van der Waals surface area contributed by atoms with Crippen molar-refractivity contribution in [3.05, 3.63) is 94.5 Å². The van der Waals surface area contributed by atoms with Crippen molar-refractivity contribution >= 4 is 21.6 Å². The number of anilines is 1. The summed E-state index contributed by atoms with van der Waals surface area (Å²) in [5, 5.41) is 8.03. The molecule has 0 unspecified atom stereocenters. The molecule has 0 aromatic heterocycles.